The zero-order valence-electron chi connectivity index (χ0n) is 20.6. The van der Waals surface area contributed by atoms with Gasteiger partial charge in [0, 0.05) is 13.1 Å². The molecule has 0 spiro atoms. The van der Waals surface area contributed by atoms with Crippen molar-refractivity contribution in [2.24, 2.45) is 0 Å². The molecule has 3 aromatic carbocycles. The first-order valence-electron chi connectivity index (χ1n) is 11.7. The second-order valence-corrected chi connectivity index (χ2v) is 8.19. The van der Waals surface area contributed by atoms with Crippen LogP contribution < -0.4 is 14.8 Å². The Hall–Kier alpha value is -4.33. The monoisotopic (exact) mass is 488 g/mol. The molecule has 0 bridgehead atoms. The zero-order chi connectivity index (χ0) is 25.5. The lowest BCUT2D eigenvalue weighted by Gasteiger charge is -2.24. The van der Waals surface area contributed by atoms with Gasteiger partial charge in [0.25, 0.3) is 0 Å². The van der Waals surface area contributed by atoms with E-state index in [1.165, 1.54) is 12.1 Å². The fourth-order valence-electron chi connectivity index (χ4n) is 3.84. The van der Waals surface area contributed by atoms with E-state index in [1.54, 1.807) is 28.8 Å². The van der Waals surface area contributed by atoms with Crippen LogP contribution in [0.4, 0.5) is 9.18 Å². The van der Waals surface area contributed by atoms with Gasteiger partial charge in [0.05, 0.1) is 30.6 Å². The maximum Gasteiger partial charge on any atom is 0.317 e. The summed E-state index contributed by atoms with van der Waals surface area (Å²) in [5.41, 5.74) is 3.10. The van der Waals surface area contributed by atoms with Crippen LogP contribution in [-0.2, 0) is 13.1 Å². The summed E-state index contributed by atoms with van der Waals surface area (Å²) in [4.78, 5) is 14.7. The van der Waals surface area contributed by atoms with Crippen molar-refractivity contribution < 1.29 is 18.7 Å². The van der Waals surface area contributed by atoms with Crippen LogP contribution in [0.2, 0.25) is 0 Å². The number of urea groups is 1. The molecular weight excluding hydrogens is 459 g/mol. The van der Waals surface area contributed by atoms with Crippen LogP contribution in [0.15, 0.2) is 78.9 Å². The highest BCUT2D eigenvalue weighted by Crippen LogP contribution is 2.36. The van der Waals surface area contributed by atoms with E-state index in [-0.39, 0.29) is 24.9 Å². The number of amides is 2. The summed E-state index contributed by atoms with van der Waals surface area (Å²) >= 11 is 0. The van der Waals surface area contributed by atoms with Gasteiger partial charge in [-0.25, -0.2) is 13.9 Å². The number of halogens is 1. The smallest absolute Gasteiger partial charge is 0.317 e. The Labute approximate surface area is 210 Å². The molecule has 0 saturated heterocycles. The molecule has 1 aromatic heterocycles. The number of aryl methyl sites for hydroxylation is 1. The minimum atomic E-state index is -0.323. The van der Waals surface area contributed by atoms with Crippen molar-refractivity contribution in [2.45, 2.75) is 26.9 Å². The largest absolute Gasteiger partial charge is 0.493 e. The van der Waals surface area contributed by atoms with Gasteiger partial charge in [-0.3, -0.25) is 0 Å². The molecule has 0 atom stereocenters. The average molecular weight is 489 g/mol. The first-order valence-corrected chi connectivity index (χ1v) is 11.7. The molecule has 0 saturated carbocycles. The molecule has 36 heavy (non-hydrogen) atoms. The molecule has 8 heteroatoms. The number of aromatic nitrogens is 2. The van der Waals surface area contributed by atoms with Crippen LogP contribution in [0.25, 0.3) is 5.69 Å². The number of methoxy groups -OCH3 is 1. The highest BCUT2D eigenvalue weighted by atomic mass is 19.1. The predicted molar refractivity (Wildman–Crippen MR) is 136 cm³/mol. The summed E-state index contributed by atoms with van der Waals surface area (Å²) < 4.78 is 27.1. The van der Waals surface area contributed by atoms with Gasteiger partial charge in [0.1, 0.15) is 5.82 Å². The van der Waals surface area contributed by atoms with E-state index in [9.17, 15) is 9.18 Å². The molecule has 0 aliphatic rings. The van der Waals surface area contributed by atoms with Gasteiger partial charge in [0.15, 0.2) is 11.5 Å². The third-order valence-corrected chi connectivity index (χ3v) is 5.66. The summed E-state index contributed by atoms with van der Waals surface area (Å²) in [5.74, 6) is 1.27. The Balaban J connectivity index is 1.76. The molecule has 0 aliphatic carbocycles. The number of ether oxygens (including phenoxy) is 2. The van der Waals surface area contributed by atoms with Gasteiger partial charge < -0.3 is 19.7 Å². The van der Waals surface area contributed by atoms with Crippen molar-refractivity contribution in [2.75, 3.05) is 13.7 Å². The van der Waals surface area contributed by atoms with Crippen molar-refractivity contribution in [3.8, 4) is 23.1 Å². The van der Waals surface area contributed by atoms with Crippen molar-refractivity contribution in [1.29, 1.82) is 0 Å². The van der Waals surface area contributed by atoms with Crippen LogP contribution in [0.5, 0.6) is 17.4 Å². The first-order chi connectivity index (χ1) is 17.5. The van der Waals surface area contributed by atoms with E-state index in [4.69, 9.17) is 14.6 Å². The Kier molecular flexibility index (Phi) is 7.85. The number of benzene rings is 3. The second-order valence-electron chi connectivity index (χ2n) is 8.19. The number of rotatable bonds is 9. The minimum Gasteiger partial charge on any atom is -0.493 e. The first kappa shape index (κ1) is 24.8. The van der Waals surface area contributed by atoms with E-state index < -0.39 is 0 Å². The Bertz CT molecular complexity index is 1310. The molecule has 1 N–H and O–H groups in total. The second kappa shape index (κ2) is 11.4. The number of hydrogen-bond acceptors (Lipinski definition) is 4. The van der Waals surface area contributed by atoms with E-state index in [0.29, 0.717) is 23.9 Å². The van der Waals surface area contributed by atoms with Crippen molar-refractivity contribution >= 4 is 6.03 Å². The molecule has 0 fully saturated rings. The maximum atomic E-state index is 13.5. The van der Waals surface area contributed by atoms with Crippen LogP contribution >= 0.6 is 0 Å². The van der Waals surface area contributed by atoms with Gasteiger partial charge in [-0.05, 0) is 55.8 Å². The third kappa shape index (κ3) is 5.66. The van der Waals surface area contributed by atoms with E-state index in [0.717, 1.165) is 22.5 Å². The molecule has 4 aromatic rings. The zero-order valence-corrected chi connectivity index (χ0v) is 20.6. The van der Waals surface area contributed by atoms with Gasteiger partial charge in [-0.15, -0.1) is 0 Å². The normalized spacial score (nSPS) is 10.7. The molecule has 0 radical (unpaired) electrons. The lowest BCUT2D eigenvalue weighted by atomic mass is 10.2. The Morgan fingerprint density at radius 1 is 0.972 bits per heavy atom. The molecule has 7 nitrogen and oxygen atoms in total. The quantitative estimate of drug-likeness (QED) is 0.321. The Morgan fingerprint density at radius 2 is 1.64 bits per heavy atom. The number of carbonyl (C=O) groups excluding carboxylic acids is 1. The van der Waals surface area contributed by atoms with E-state index in [2.05, 4.69) is 5.32 Å². The number of para-hydroxylation sites is 3. The topological polar surface area (TPSA) is 68.6 Å². The van der Waals surface area contributed by atoms with Gasteiger partial charge in [-0.2, -0.15) is 5.10 Å². The Morgan fingerprint density at radius 3 is 2.31 bits per heavy atom. The summed E-state index contributed by atoms with van der Waals surface area (Å²) in [6.45, 7) is 4.74. The lowest BCUT2D eigenvalue weighted by molar-refractivity contribution is 0.192. The van der Waals surface area contributed by atoms with Crippen LogP contribution in [0.3, 0.4) is 0 Å². The highest BCUT2D eigenvalue weighted by molar-refractivity contribution is 5.74. The average Bonchev–Trinajstić information content (AvgIpc) is 3.20. The standard InChI is InChI=1S/C28H29FN4O3/c1-4-30-28(34)32(18-21-14-16-22(29)17-15-21)19-24-20(2)31-33(23-10-6-5-7-11-23)27(24)36-26-13-9-8-12-25(26)35-3/h5-17H,4,18-19H2,1-3H3,(H,30,34). The van der Waals surface area contributed by atoms with Crippen molar-refractivity contribution in [3.05, 3.63) is 102 Å². The minimum absolute atomic E-state index is 0.229. The third-order valence-electron chi connectivity index (χ3n) is 5.66. The molecule has 0 unspecified atom stereocenters. The fraction of sp³-hybridized carbons (Fsp3) is 0.214. The summed E-state index contributed by atoms with van der Waals surface area (Å²) in [5, 5.41) is 7.62. The fourth-order valence-corrected chi connectivity index (χ4v) is 3.84. The molecule has 1 heterocycles. The molecular formula is C28H29FN4O3. The van der Waals surface area contributed by atoms with Crippen molar-refractivity contribution in [1.82, 2.24) is 20.0 Å². The number of nitrogens with zero attached hydrogens (tertiary/aromatic N) is 3. The lowest BCUT2D eigenvalue weighted by Crippen LogP contribution is -2.39. The SMILES string of the molecule is CCNC(=O)N(Cc1ccc(F)cc1)Cc1c(C)nn(-c2ccccc2)c1Oc1ccccc1OC. The van der Waals surface area contributed by atoms with Gasteiger partial charge in [0.2, 0.25) is 5.88 Å². The van der Waals surface area contributed by atoms with Gasteiger partial charge >= 0.3 is 6.03 Å². The van der Waals surface area contributed by atoms with Crippen LogP contribution in [0, 0.1) is 12.7 Å². The number of carbonyl (C=O) groups is 1. The van der Waals surface area contributed by atoms with Crippen LogP contribution in [0.1, 0.15) is 23.7 Å². The summed E-state index contributed by atoms with van der Waals surface area (Å²) in [6, 6.07) is 22.9. The van der Waals surface area contributed by atoms with E-state index >= 15 is 0 Å². The molecule has 2 amide bonds. The number of hydrogen-bond donors (Lipinski definition) is 1. The maximum absolute atomic E-state index is 13.5. The van der Waals surface area contributed by atoms with Crippen LogP contribution in [-0.4, -0.2) is 34.4 Å². The molecule has 4 rings (SSSR count). The molecule has 186 valence electrons. The van der Waals surface area contributed by atoms with E-state index in [1.807, 2.05) is 68.4 Å². The summed E-state index contributed by atoms with van der Waals surface area (Å²) in [7, 11) is 1.59. The highest BCUT2D eigenvalue weighted by Gasteiger charge is 2.24. The molecule has 0 aliphatic heterocycles. The van der Waals surface area contributed by atoms with Crippen molar-refractivity contribution in [3.63, 3.8) is 0 Å². The van der Waals surface area contributed by atoms with Gasteiger partial charge in [-0.1, -0.05) is 42.5 Å². The number of nitrogens with one attached hydrogen (secondary N) is 1. The predicted octanol–water partition coefficient (Wildman–Crippen LogP) is 5.85. The summed E-state index contributed by atoms with van der Waals surface area (Å²) in [6.07, 6.45) is 0.